The number of thiocarbonyl (C=S) groups is 1. The van der Waals surface area contributed by atoms with Gasteiger partial charge in [0.05, 0.1) is 5.54 Å². The van der Waals surface area contributed by atoms with Gasteiger partial charge in [-0.25, -0.2) is 9.67 Å². The fourth-order valence-electron chi connectivity index (χ4n) is 4.00. The Balaban J connectivity index is 1.76. The van der Waals surface area contributed by atoms with Crippen LogP contribution >= 0.6 is 35.4 Å². The number of rotatable bonds is 6. The first kappa shape index (κ1) is 25.4. The molecule has 0 saturated carbocycles. The molecule has 0 amide bonds. The highest BCUT2D eigenvalue weighted by Crippen LogP contribution is 2.36. The van der Waals surface area contributed by atoms with Gasteiger partial charge in [-0.3, -0.25) is 4.99 Å². The van der Waals surface area contributed by atoms with Crippen molar-refractivity contribution in [3.8, 4) is 5.75 Å². The van der Waals surface area contributed by atoms with Crippen LogP contribution in [0, 0.1) is 5.41 Å². The molecule has 1 saturated heterocycles. The number of hydrogen-bond acceptors (Lipinski definition) is 5. The van der Waals surface area contributed by atoms with E-state index in [-0.39, 0.29) is 11.5 Å². The molecule has 4 rings (SSSR count). The van der Waals surface area contributed by atoms with Crippen molar-refractivity contribution in [1.82, 2.24) is 20.1 Å². The van der Waals surface area contributed by atoms with Crippen molar-refractivity contribution in [2.24, 2.45) is 10.4 Å². The fraction of sp³-hybridized carbons (Fsp3) is 0.360. The Morgan fingerprint density at radius 2 is 1.80 bits per heavy atom. The number of amidine groups is 1. The van der Waals surface area contributed by atoms with Gasteiger partial charge in [-0.05, 0) is 73.9 Å². The van der Waals surface area contributed by atoms with E-state index in [1.54, 1.807) is 23.1 Å². The molecule has 0 aliphatic carbocycles. The van der Waals surface area contributed by atoms with Crippen molar-refractivity contribution in [3.63, 3.8) is 0 Å². The Morgan fingerprint density at radius 1 is 1.09 bits per heavy atom. The highest BCUT2D eigenvalue weighted by atomic mass is 35.5. The van der Waals surface area contributed by atoms with E-state index in [1.165, 1.54) is 6.33 Å². The number of ether oxygens (including phenoxy) is 1. The van der Waals surface area contributed by atoms with Crippen LogP contribution in [0.4, 0.5) is 5.69 Å². The second-order valence-corrected chi connectivity index (χ2v) is 11.2. The first-order chi connectivity index (χ1) is 16.5. The summed E-state index contributed by atoms with van der Waals surface area (Å²) >= 11 is 18.1. The molecule has 1 N–H and O–H groups in total. The molecule has 1 aromatic heterocycles. The standard InChI is InChI=1S/C25H28Cl2N6OS/c1-24(2,3)20(21(32-15-28-14-29-32)34-19-11-9-16(26)10-12-19)30-22-25(4,5)33(23(35)31-22)18-8-6-7-17(27)13-18/h6-15,20-21H,1-5H3,(H,30,31,35)/t20-,21-/m1/s1. The number of aliphatic imine (C=N–C) groups is 1. The zero-order chi connectivity index (χ0) is 25.4. The van der Waals surface area contributed by atoms with Crippen LogP contribution in [0.25, 0.3) is 0 Å². The van der Waals surface area contributed by atoms with Gasteiger partial charge in [0.15, 0.2) is 5.11 Å². The number of anilines is 1. The number of halogens is 2. The number of nitrogens with zero attached hydrogens (tertiary/aromatic N) is 5. The van der Waals surface area contributed by atoms with E-state index in [0.29, 0.717) is 20.9 Å². The van der Waals surface area contributed by atoms with Gasteiger partial charge in [0, 0.05) is 15.7 Å². The minimum absolute atomic E-state index is 0.307. The third-order valence-electron chi connectivity index (χ3n) is 5.83. The van der Waals surface area contributed by atoms with E-state index >= 15 is 0 Å². The van der Waals surface area contributed by atoms with Crippen LogP contribution in [0.15, 0.2) is 66.2 Å². The number of benzene rings is 2. The van der Waals surface area contributed by atoms with Gasteiger partial charge in [0.25, 0.3) is 0 Å². The third-order valence-corrected chi connectivity index (χ3v) is 6.60. The summed E-state index contributed by atoms with van der Waals surface area (Å²) in [7, 11) is 0. The van der Waals surface area contributed by atoms with Crippen LogP contribution in [-0.2, 0) is 0 Å². The van der Waals surface area contributed by atoms with Crippen LogP contribution in [0.1, 0.15) is 40.8 Å². The van der Waals surface area contributed by atoms with E-state index in [4.69, 9.17) is 45.1 Å². The van der Waals surface area contributed by atoms with Crippen LogP contribution in [0.2, 0.25) is 10.0 Å². The molecule has 1 aliphatic heterocycles. The lowest BCUT2D eigenvalue weighted by atomic mass is 9.85. The summed E-state index contributed by atoms with van der Waals surface area (Å²) in [5.74, 6) is 1.38. The first-order valence-corrected chi connectivity index (χ1v) is 12.3. The van der Waals surface area contributed by atoms with Crippen LogP contribution in [-0.4, -0.2) is 37.3 Å². The van der Waals surface area contributed by atoms with Crippen LogP contribution in [0.5, 0.6) is 5.75 Å². The topological polar surface area (TPSA) is 67.6 Å². The lowest BCUT2D eigenvalue weighted by Crippen LogP contribution is -2.46. The summed E-state index contributed by atoms with van der Waals surface area (Å²) in [5.41, 5.74) is 0.0277. The van der Waals surface area contributed by atoms with E-state index in [9.17, 15) is 0 Å². The SMILES string of the molecule is CC(C)(C)[C@H](N=C1NC(=S)N(c2cccc(Cl)c2)C1(C)C)[C@@H](Oc1ccc(Cl)cc1)n1cncn1. The molecule has 0 unspecified atom stereocenters. The molecule has 7 nitrogen and oxygen atoms in total. The minimum atomic E-state index is -0.572. The highest BCUT2D eigenvalue weighted by Gasteiger charge is 2.45. The maximum atomic E-state index is 6.44. The van der Waals surface area contributed by atoms with Crippen molar-refractivity contribution in [3.05, 3.63) is 71.2 Å². The molecule has 2 atom stereocenters. The van der Waals surface area contributed by atoms with Gasteiger partial charge in [0.1, 0.15) is 30.3 Å². The Hall–Kier alpha value is -2.68. The molecule has 0 bridgehead atoms. The second kappa shape index (κ2) is 9.76. The van der Waals surface area contributed by atoms with E-state index in [0.717, 1.165) is 11.5 Å². The Morgan fingerprint density at radius 3 is 2.40 bits per heavy atom. The van der Waals surface area contributed by atoms with Crippen molar-refractivity contribution < 1.29 is 4.74 Å². The molecular formula is C25H28Cl2N6OS. The van der Waals surface area contributed by atoms with Gasteiger partial charge in [0.2, 0.25) is 6.23 Å². The monoisotopic (exact) mass is 530 g/mol. The summed E-state index contributed by atoms with van der Waals surface area (Å²) in [4.78, 5) is 11.4. The summed E-state index contributed by atoms with van der Waals surface area (Å²) in [6, 6.07) is 14.5. The Kier molecular flexibility index (Phi) is 7.09. The maximum absolute atomic E-state index is 6.44. The van der Waals surface area contributed by atoms with E-state index < -0.39 is 11.8 Å². The van der Waals surface area contributed by atoms with E-state index in [2.05, 4.69) is 50.0 Å². The zero-order valence-electron chi connectivity index (χ0n) is 20.2. The predicted molar refractivity (Wildman–Crippen MR) is 146 cm³/mol. The summed E-state index contributed by atoms with van der Waals surface area (Å²) in [5, 5.41) is 9.54. The first-order valence-electron chi connectivity index (χ1n) is 11.2. The quantitative estimate of drug-likeness (QED) is 0.385. The smallest absolute Gasteiger partial charge is 0.215 e. The largest absolute Gasteiger partial charge is 0.466 e. The molecule has 0 radical (unpaired) electrons. The number of nitrogens with one attached hydrogen (secondary N) is 1. The molecule has 1 aliphatic rings. The number of hydrogen-bond donors (Lipinski definition) is 1. The Labute approximate surface area is 221 Å². The molecular weight excluding hydrogens is 503 g/mol. The molecule has 184 valence electrons. The fourth-order valence-corrected chi connectivity index (χ4v) is 4.74. The van der Waals surface area contributed by atoms with Gasteiger partial charge < -0.3 is 15.0 Å². The van der Waals surface area contributed by atoms with Gasteiger partial charge in [-0.1, -0.05) is 50.0 Å². The molecule has 10 heteroatoms. The molecule has 3 aromatic rings. The third kappa shape index (κ3) is 5.44. The zero-order valence-corrected chi connectivity index (χ0v) is 22.6. The summed E-state index contributed by atoms with van der Waals surface area (Å²) in [6.45, 7) is 10.5. The summed E-state index contributed by atoms with van der Waals surface area (Å²) in [6.07, 6.45) is 2.55. The van der Waals surface area contributed by atoms with Crippen molar-refractivity contribution in [2.75, 3.05) is 4.90 Å². The lowest BCUT2D eigenvalue weighted by Gasteiger charge is -2.36. The van der Waals surface area contributed by atoms with Crippen LogP contribution < -0.4 is 15.0 Å². The molecule has 2 heterocycles. The maximum Gasteiger partial charge on any atom is 0.215 e. The van der Waals surface area contributed by atoms with Gasteiger partial charge in [-0.15, -0.1) is 0 Å². The average Bonchev–Trinajstić information content (AvgIpc) is 3.37. The highest BCUT2D eigenvalue weighted by molar-refractivity contribution is 7.80. The molecule has 1 fully saturated rings. The molecule has 0 spiro atoms. The predicted octanol–water partition coefficient (Wildman–Crippen LogP) is 6.15. The normalized spacial score (nSPS) is 18.4. The van der Waals surface area contributed by atoms with Crippen molar-refractivity contribution in [2.45, 2.75) is 52.4 Å². The lowest BCUT2D eigenvalue weighted by molar-refractivity contribution is 0.0470. The minimum Gasteiger partial charge on any atom is -0.466 e. The van der Waals surface area contributed by atoms with Crippen molar-refractivity contribution >= 4 is 52.1 Å². The van der Waals surface area contributed by atoms with Gasteiger partial charge in [-0.2, -0.15) is 5.10 Å². The Bertz CT molecular complexity index is 1220. The van der Waals surface area contributed by atoms with Gasteiger partial charge >= 0.3 is 0 Å². The number of aromatic nitrogens is 3. The average molecular weight is 532 g/mol. The molecule has 2 aromatic carbocycles. The second-order valence-electron chi connectivity index (χ2n) is 9.93. The summed E-state index contributed by atoms with van der Waals surface area (Å²) < 4.78 is 8.12. The van der Waals surface area contributed by atoms with Crippen molar-refractivity contribution in [1.29, 1.82) is 0 Å². The van der Waals surface area contributed by atoms with E-state index in [1.807, 2.05) is 41.3 Å². The molecule has 35 heavy (non-hydrogen) atoms. The van der Waals surface area contributed by atoms with Crippen LogP contribution in [0.3, 0.4) is 0 Å².